The number of carbonyl (C=O) groups excluding carboxylic acids is 1. The fourth-order valence-electron chi connectivity index (χ4n) is 3.11. The molecule has 0 saturated carbocycles. The number of anilines is 1. The molecule has 27 heavy (non-hydrogen) atoms. The van der Waals surface area contributed by atoms with Gasteiger partial charge in [-0.05, 0) is 68.1 Å². The largest absolute Gasteiger partial charge is 0.495 e. The van der Waals surface area contributed by atoms with Gasteiger partial charge in [-0.3, -0.25) is 4.79 Å². The summed E-state index contributed by atoms with van der Waals surface area (Å²) < 4.78 is 32.6. The van der Waals surface area contributed by atoms with Gasteiger partial charge in [-0.2, -0.15) is 4.31 Å². The van der Waals surface area contributed by atoms with Gasteiger partial charge in [-0.15, -0.1) is 0 Å². The predicted octanol–water partition coefficient (Wildman–Crippen LogP) is 3.35. The van der Waals surface area contributed by atoms with E-state index in [-0.39, 0.29) is 22.1 Å². The minimum absolute atomic E-state index is 0.0274. The van der Waals surface area contributed by atoms with Crippen molar-refractivity contribution in [3.63, 3.8) is 0 Å². The normalized spacial score (nSPS) is 14.9. The number of benzene rings is 2. The van der Waals surface area contributed by atoms with Crippen LogP contribution in [0.5, 0.6) is 5.75 Å². The van der Waals surface area contributed by atoms with Crippen molar-refractivity contribution >= 4 is 21.6 Å². The van der Waals surface area contributed by atoms with Gasteiger partial charge in [0.2, 0.25) is 10.0 Å². The highest BCUT2D eigenvalue weighted by Crippen LogP contribution is 2.30. The summed E-state index contributed by atoms with van der Waals surface area (Å²) in [6.07, 6.45) is 1.68. The van der Waals surface area contributed by atoms with Crippen molar-refractivity contribution in [2.75, 3.05) is 25.5 Å². The molecule has 1 N–H and O–H groups in total. The monoisotopic (exact) mass is 388 g/mol. The fraction of sp³-hybridized carbons (Fsp3) is 0.350. The molecule has 3 rings (SSSR count). The summed E-state index contributed by atoms with van der Waals surface area (Å²) >= 11 is 0. The molecule has 2 aromatic carbocycles. The number of hydrogen-bond acceptors (Lipinski definition) is 4. The van der Waals surface area contributed by atoms with Crippen LogP contribution in [0.1, 0.15) is 34.3 Å². The number of ether oxygens (including phenoxy) is 1. The molecule has 144 valence electrons. The van der Waals surface area contributed by atoms with E-state index >= 15 is 0 Å². The Morgan fingerprint density at radius 2 is 1.74 bits per heavy atom. The number of nitrogens with one attached hydrogen (secondary N) is 1. The molecule has 1 fully saturated rings. The molecule has 1 amide bonds. The van der Waals surface area contributed by atoms with Gasteiger partial charge < -0.3 is 10.1 Å². The third-order valence-corrected chi connectivity index (χ3v) is 6.79. The Labute approximate surface area is 160 Å². The van der Waals surface area contributed by atoms with Crippen LogP contribution in [0.4, 0.5) is 5.69 Å². The molecular weight excluding hydrogens is 364 g/mol. The van der Waals surface area contributed by atoms with Gasteiger partial charge in [0.1, 0.15) is 10.6 Å². The number of nitrogens with zero attached hydrogens (tertiary/aromatic N) is 1. The van der Waals surface area contributed by atoms with Gasteiger partial charge in [-0.25, -0.2) is 8.42 Å². The van der Waals surface area contributed by atoms with Gasteiger partial charge in [0.05, 0.1) is 7.11 Å². The highest BCUT2D eigenvalue weighted by atomic mass is 32.2. The average molecular weight is 388 g/mol. The first-order valence-electron chi connectivity index (χ1n) is 8.90. The van der Waals surface area contributed by atoms with Crippen LogP contribution in [0.3, 0.4) is 0 Å². The molecule has 0 aromatic heterocycles. The molecule has 0 aliphatic carbocycles. The first kappa shape index (κ1) is 19.4. The van der Waals surface area contributed by atoms with E-state index in [2.05, 4.69) is 5.32 Å². The summed E-state index contributed by atoms with van der Waals surface area (Å²) in [5.74, 6) is -0.122. The van der Waals surface area contributed by atoms with Gasteiger partial charge in [0, 0.05) is 24.3 Å². The highest BCUT2D eigenvalue weighted by molar-refractivity contribution is 7.89. The van der Waals surface area contributed by atoms with Gasteiger partial charge in [-0.1, -0.05) is 6.07 Å². The molecule has 0 spiro atoms. The van der Waals surface area contributed by atoms with Crippen LogP contribution in [0.25, 0.3) is 0 Å². The average Bonchev–Trinajstić information content (AvgIpc) is 3.20. The van der Waals surface area contributed by atoms with E-state index in [1.807, 2.05) is 32.0 Å². The zero-order valence-corrected chi connectivity index (χ0v) is 16.6. The highest BCUT2D eigenvalue weighted by Gasteiger charge is 2.30. The molecule has 6 nitrogen and oxygen atoms in total. The summed E-state index contributed by atoms with van der Waals surface area (Å²) in [7, 11) is -2.27. The van der Waals surface area contributed by atoms with E-state index in [4.69, 9.17) is 4.74 Å². The lowest BCUT2D eigenvalue weighted by atomic mass is 10.1. The smallest absolute Gasteiger partial charge is 0.255 e. The van der Waals surface area contributed by atoms with E-state index in [0.717, 1.165) is 24.0 Å². The van der Waals surface area contributed by atoms with Crippen molar-refractivity contribution in [2.24, 2.45) is 0 Å². The second-order valence-electron chi connectivity index (χ2n) is 6.73. The van der Waals surface area contributed by atoms with Crippen molar-refractivity contribution in [2.45, 2.75) is 31.6 Å². The summed E-state index contributed by atoms with van der Waals surface area (Å²) in [5.41, 5.74) is 3.14. The second kappa shape index (κ2) is 7.70. The number of aryl methyl sites for hydroxylation is 2. The van der Waals surface area contributed by atoms with Crippen LogP contribution in [0.15, 0.2) is 41.3 Å². The molecule has 1 aliphatic rings. The molecule has 0 atom stereocenters. The maximum atomic E-state index is 12.9. The molecule has 1 aliphatic heterocycles. The van der Waals surface area contributed by atoms with Crippen molar-refractivity contribution in [1.29, 1.82) is 0 Å². The van der Waals surface area contributed by atoms with Gasteiger partial charge >= 0.3 is 0 Å². The van der Waals surface area contributed by atoms with E-state index < -0.39 is 10.0 Å². The Morgan fingerprint density at radius 3 is 2.37 bits per heavy atom. The lowest BCUT2D eigenvalue weighted by Crippen LogP contribution is -2.28. The van der Waals surface area contributed by atoms with Crippen LogP contribution >= 0.6 is 0 Å². The zero-order chi connectivity index (χ0) is 19.6. The maximum Gasteiger partial charge on any atom is 0.255 e. The predicted molar refractivity (Wildman–Crippen MR) is 105 cm³/mol. The molecule has 0 radical (unpaired) electrons. The zero-order valence-electron chi connectivity index (χ0n) is 15.8. The fourth-order valence-corrected chi connectivity index (χ4v) is 4.81. The summed E-state index contributed by atoms with van der Waals surface area (Å²) in [5, 5.41) is 2.82. The lowest BCUT2D eigenvalue weighted by Gasteiger charge is -2.18. The van der Waals surface area contributed by atoms with E-state index in [9.17, 15) is 13.2 Å². The third kappa shape index (κ3) is 3.99. The molecule has 0 bridgehead atoms. The quantitative estimate of drug-likeness (QED) is 0.852. The summed E-state index contributed by atoms with van der Waals surface area (Å²) in [6.45, 7) is 4.95. The van der Waals surface area contributed by atoms with E-state index in [1.54, 1.807) is 6.07 Å². The number of carbonyl (C=O) groups is 1. The van der Waals surface area contributed by atoms with Crippen LogP contribution in [0, 0.1) is 13.8 Å². The molecule has 0 unspecified atom stereocenters. The van der Waals surface area contributed by atoms with Crippen molar-refractivity contribution in [1.82, 2.24) is 4.31 Å². The van der Waals surface area contributed by atoms with Crippen LogP contribution in [-0.4, -0.2) is 38.8 Å². The van der Waals surface area contributed by atoms with E-state index in [0.29, 0.717) is 18.8 Å². The maximum absolute atomic E-state index is 12.9. The second-order valence-corrected chi connectivity index (χ2v) is 8.64. The Bertz CT molecular complexity index is 964. The molecule has 7 heteroatoms. The standard InChI is InChI=1S/C20H24N2O4S/c1-14-6-8-17(12-15(14)2)21-20(23)16-7-9-18(26-3)19(13-16)27(24,25)22-10-4-5-11-22/h6-9,12-13H,4-5,10-11H2,1-3H3,(H,21,23). The SMILES string of the molecule is COc1ccc(C(=O)Nc2ccc(C)c(C)c2)cc1S(=O)(=O)N1CCCC1. The molecule has 1 saturated heterocycles. The van der Waals surface area contributed by atoms with E-state index in [1.165, 1.54) is 23.5 Å². The van der Waals surface area contributed by atoms with Gasteiger partial charge in [0.15, 0.2) is 0 Å². The first-order valence-corrected chi connectivity index (χ1v) is 10.3. The Kier molecular flexibility index (Phi) is 5.53. The van der Waals surface area contributed by atoms with Crippen LogP contribution in [-0.2, 0) is 10.0 Å². The molecule has 1 heterocycles. The van der Waals surface area contributed by atoms with Crippen molar-refractivity contribution < 1.29 is 17.9 Å². The van der Waals surface area contributed by atoms with Crippen LogP contribution < -0.4 is 10.1 Å². The third-order valence-electron chi connectivity index (χ3n) is 4.87. The van der Waals surface area contributed by atoms with Crippen LogP contribution in [0.2, 0.25) is 0 Å². The number of methoxy groups -OCH3 is 1. The Balaban J connectivity index is 1.92. The number of rotatable bonds is 5. The molecule has 2 aromatic rings. The summed E-state index contributed by atoms with van der Waals surface area (Å²) in [6, 6.07) is 10.1. The lowest BCUT2D eigenvalue weighted by molar-refractivity contribution is 0.102. The number of sulfonamides is 1. The minimum Gasteiger partial charge on any atom is -0.495 e. The van der Waals surface area contributed by atoms with Gasteiger partial charge in [0.25, 0.3) is 5.91 Å². The molecular formula is C20H24N2O4S. The number of hydrogen-bond donors (Lipinski definition) is 1. The number of amides is 1. The van der Waals surface area contributed by atoms with Crippen molar-refractivity contribution in [3.05, 3.63) is 53.1 Å². The first-order chi connectivity index (χ1) is 12.8. The summed E-state index contributed by atoms with van der Waals surface area (Å²) in [4.78, 5) is 12.7. The Hall–Kier alpha value is -2.38. The Morgan fingerprint density at radius 1 is 1.04 bits per heavy atom. The van der Waals surface area contributed by atoms with Crippen molar-refractivity contribution in [3.8, 4) is 5.75 Å². The topological polar surface area (TPSA) is 75.7 Å². The minimum atomic E-state index is -3.69.